The molecule has 0 radical (unpaired) electrons. The van der Waals surface area contributed by atoms with E-state index in [4.69, 9.17) is 0 Å². The van der Waals surface area contributed by atoms with Crippen LogP contribution < -0.4 is 0 Å². The highest BCUT2D eigenvalue weighted by molar-refractivity contribution is 5.07. The van der Waals surface area contributed by atoms with Crippen molar-refractivity contribution in [3.05, 3.63) is 24.3 Å². The lowest BCUT2D eigenvalue weighted by atomic mass is 9.63. The Hall–Kier alpha value is -0.560. The second-order valence-electron chi connectivity index (χ2n) is 7.79. The molecule has 0 aliphatic carbocycles. The summed E-state index contributed by atoms with van der Waals surface area (Å²) in [4.78, 5) is 0. The van der Waals surface area contributed by atoms with Crippen molar-refractivity contribution in [1.82, 2.24) is 0 Å². The standard InChI is InChI=1S/C20H38O/c1-9-19(7,15-11-12-16(3)4)18(14-13-17(5)6)20(8,21)10-2/h10,13,16,18,21H,2,9,11-12,14-15H2,1,3-8H3. The minimum Gasteiger partial charge on any atom is -0.386 e. The van der Waals surface area contributed by atoms with E-state index in [2.05, 4.69) is 54.2 Å². The van der Waals surface area contributed by atoms with Gasteiger partial charge in [0.05, 0.1) is 5.60 Å². The second-order valence-corrected chi connectivity index (χ2v) is 7.79. The van der Waals surface area contributed by atoms with E-state index >= 15 is 0 Å². The van der Waals surface area contributed by atoms with Crippen molar-refractivity contribution in [2.45, 2.75) is 86.2 Å². The number of hydrogen-bond acceptors (Lipinski definition) is 1. The molecule has 0 spiro atoms. The minimum atomic E-state index is -0.811. The summed E-state index contributed by atoms with van der Waals surface area (Å²) in [6.07, 6.45) is 9.68. The van der Waals surface area contributed by atoms with E-state index < -0.39 is 5.60 Å². The Morgan fingerprint density at radius 2 is 1.81 bits per heavy atom. The topological polar surface area (TPSA) is 20.2 Å². The molecule has 0 aromatic carbocycles. The van der Waals surface area contributed by atoms with Crippen LogP contribution in [0.4, 0.5) is 0 Å². The molecule has 0 aliphatic heterocycles. The quantitative estimate of drug-likeness (QED) is 0.480. The van der Waals surface area contributed by atoms with Crippen LogP contribution >= 0.6 is 0 Å². The number of rotatable bonds is 10. The van der Waals surface area contributed by atoms with Gasteiger partial charge in [0.1, 0.15) is 0 Å². The van der Waals surface area contributed by atoms with Gasteiger partial charge in [0, 0.05) is 0 Å². The van der Waals surface area contributed by atoms with Gasteiger partial charge in [-0.15, -0.1) is 6.58 Å². The van der Waals surface area contributed by atoms with Crippen molar-refractivity contribution >= 4 is 0 Å². The number of hydrogen-bond donors (Lipinski definition) is 1. The van der Waals surface area contributed by atoms with Gasteiger partial charge in [0.25, 0.3) is 0 Å². The molecule has 1 heteroatoms. The number of allylic oxidation sites excluding steroid dienone is 2. The lowest BCUT2D eigenvalue weighted by Crippen LogP contribution is -2.43. The molecule has 1 nitrogen and oxygen atoms in total. The Kier molecular flexibility index (Phi) is 8.54. The zero-order valence-corrected chi connectivity index (χ0v) is 15.5. The molecule has 0 aliphatic rings. The fourth-order valence-electron chi connectivity index (χ4n) is 3.24. The van der Waals surface area contributed by atoms with Gasteiger partial charge < -0.3 is 5.11 Å². The SMILES string of the molecule is C=CC(C)(O)C(CC=C(C)C)C(C)(CC)CCCC(C)C. The molecule has 0 saturated heterocycles. The maximum atomic E-state index is 10.8. The second kappa shape index (κ2) is 8.78. The lowest BCUT2D eigenvalue weighted by Gasteiger charge is -2.44. The van der Waals surface area contributed by atoms with E-state index in [1.54, 1.807) is 6.08 Å². The zero-order valence-electron chi connectivity index (χ0n) is 15.5. The molecule has 3 unspecified atom stereocenters. The molecule has 0 heterocycles. The predicted octanol–water partition coefficient (Wildman–Crippen LogP) is 6.14. The first-order valence-corrected chi connectivity index (χ1v) is 8.58. The zero-order chi connectivity index (χ0) is 16.7. The Bertz CT molecular complexity index is 334. The Morgan fingerprint density at radius 1 is 1.24 bits per heavy atom. The van der Waals surface area contributed by atoms with Crippen molar-refractivity contribution < 1.29 is 5.11 Å². The van der Waals surface area contributed by atoms with Crippen molar-refractivity contribution in [1.29, 1.82) is 0 Å². The van der Waals surface area contributed by atoms with Crippen LogP contribution in [0.5, 0.6) is 0 Å². The summed E-state index contributed by atoms with van der Waals surface area (Å²) < 4.78 is 0. The fraction of sp³-hybridized carbons (Fsp3) is 0.800. The van der Waals surface area contributed by atoms with Crippen LogP contribution in [0.15, 0.2) is 24.3 Å². The van der Waals surface area contributed by atoms with Crippen molar-refractivity contribution in [2.75, 3.05) is 0 Å². The molecule has 1 N–H and O–H groups in total. The summed E-state index contributed by atoms with van der Waals surface area (Å²) in [5.74, 6) is 0.969. The Balaban J connectivity index is 5.21. The van der Waals surface area contributed by atoms with Gasteiger partial charge >= 0.3 is 0 Å². The smallest absolute Gasteiger partial charge is 0.0833 e. The maximum Gasteiger partial charge on any atom is 0.0833 e. The van der Waals surface area contributed by atoms with Gasteiger partial charge in [-0.1, -0.05) is 64.7 Å². The highest BCUT2D eigenvalue weighted by atomic mass is 16.3. The first-order chi connectivity index (χ1) is 9.59. The third-order valence-corrected chi connectivity index (χ3v) is 5.06. The molecule has 124 valence electrons. The van der Waals surface area contributed by atoms with Crippen LogP contribution in [0.1, 0.15) is 80.6 Å². The molecule has 21 heavy (non-hydrogen) atoms. The first kappa shape index (κ1) is 20.4. The third-order valence-electron chi connectivity index (χ3n) is 5.06. The highest BCUT2D eigenvalue weighted by Crippen LogP contribution is 2.45. The van der Waals surface area contributed by atoms with Gasteiger partial charge in [-0.3, -0.25) is 0 Å². The van der Waals surface area contributed by atoms with Crippen molar-refractivity contribution in [3.63, 3.8) is 0 Å². The Morgan fingerprint density at radius 3 is 2.19 bits per heavy atom. The lowest BCUT2D eigenvalue weighted by molar-refractivity contribution is -0.0277. The fourth-order valence-corrected chi connectivity index (χ4v) is 3.24. The number of aliphatic hydroxyl groups is 1. The minimum absolute atomic E-state index is 0.151. The van der Waals surface area contributed by atoms with Crippen molar-refractivity contribution in [2.24, 2.45) is 17.3 Å². The molecule has 0 aromatic heterocycles. The molecule has 0 aromatic rings. The Labute approximate surface area is 133 Å². The maximum absolute atomic E-state index is 10.8. The molecule has 0 rings (SSSR count). The molecule has 0 saturated carbocycles. The summed E-state index contributed by atoms with van der Waals surface area (Å²) in [6.45, 7) is 19.2. The molecule has 3 atom stereocenters. The van der Waals surface area contributed by atoms with Crippen LogP contribution in [0.3, 0.4) is 0 Å². The normalized spacial score (nSPS) is 18.7. The van der Waals surface area contributed by atoms with Gasteiger partial charge in [-0.05, 0) is 50.9 Å². The largest absolute Gasteiger partial charge is 0.386 e. The highest BCUT2D eigenvalue weighted by Gasteiger charge is 2.41. The molecule has 0 fully saturated rings. The van der Waals surface area contributed by atoms with Crippen LogP contribution in [-0.4, -0.2) is 10.7 Å². The van der Waals surface area contributed by atoms with E-state index in [1.165, 1.54) is 24.8 Å². The van der Waals surface area contributed by atoms with E-state index in [0.717, 1.165) is 18.8 Å². The summed E-state index contributed by atoms with van der Waals surface area (Å²) in [5, 5.41) is 10.8. The first-order valence-electron chi connectivity index (χ1n) is 8.58. The summed E-state index contributed by atoms with van der Waals surface area (Å²) in [6, 6.07) is 0. The van der Waals surface area contributed by atoms with Crippen molar-refractivity contribution in [3.8, 4) is 0 Å². The van der Waals surface area contributed by atoms with Crippen LogP contribution in [-0.2, 0) is 0 Å². The molecular weight excluding hydrogens is 256 g/mol. The average Bonchev–Trinajstić information content (AvgIpc) is 2.37. The molecule has 0 bridgehead atoms. The third kappa shape index (κ3) is 6.82. The van der Waals surface area contributed by atoms with Crippen LogP contribution in [0, 0.1) is 17.3 Å². The summed E-state index contributed by atoms with van der Waals surface area (Å²) in [7, 11) is 0. The van der Waals surface area contributed by atoms with Crippen LogP contribution in [0.2, 0.25) is 0 Å². The van der Waals surface area contributed by atoms with Gasteiger partial charge in [-0.25, -0.2) is 0 Å². The van der Waals surface area contributed by atoms with Crippen LogP contribution in [0.25, 0.3) is 0 Å². The average molecular weight is 295 g/mol. The van der Waals surface area contributed by atoms with Gasteiger partial charge in [-0.2, -0.15) is 0 Å². The molecular formula is C20H38O. The predicted molar refractivity (Wildman–Crippen MR) is 95.4 cm³/mol. The van der Waals surface area contributed by atoms with E-state index in [1.807, 2.05) is 6.92 Å². The van der Waals surface area contributed by atoms with E-state index in [-0.39, 0.29) is 11.3 Å². The summed E-state index contributed by atoms with van der Waals surface area (Å²) >= 11 is 0. The monoisotopic (exact) mass is 294 g/mol. The van der Waals surface area contributed by atoms with E-state index in [0.29, 0.717) is 0 Å². The summed E-state index contributed by atoms with van der Waals surface area (Å²) in [5.41, 5.74) is 0.660. The van der Waals surface area contributed by atoms with E-state index in [9.17, 15) is 5.11 Å². The van der Waals surface area contributed by atoms with Gasteiger partial charge in [0.15, 0.2) is 0 Å². The molecule has 0 amide bonds. The van der Waals surface area contributed by atoms with Gasteiger partial charge in [0.2, 0.25) is 0 Å².